The quantitative estimate of drug-likeness (QED) is 0.474. The van der Waals surface area contributed by atoms with Crippen molar-refractivity contribution in [3.8, 4) is 0 Å². The van der Waals surface area contributed by atoms with E-state index < -0.39 is 34.6 Å². The summed E-state index contributed by atoms with van der Waals surface area (Å²) in [6.07, 6.45) is -1.28. The fraction of sp³-hybridized carbons (Fsp3) is 0.308. The predicted octanol–water partition coefficient (Wildman–Crippen LogP) is 0.986. The lowest BCUT2D eigenvalue weighted by molar-refractivity contribution is -0.385. The number of hydrogen-bond donors (Lipinski definition) is 2. The van der Waals surface area contributed by atoms with Crippen LogP contribution >= 0.6 is 0 Å². The number of rotatable bonds is 5. The Balaban J connectivity index is 2.74. The molecule has 0 radical (unpaired) electrons. The van der Waals surface area contributed by atoms with Gasteiger partial charge in [0.15, 0.2) is 6.10 Å². The van der Waals surface area contributed by atoms with Crippen LogP contribution < -0.4 is 10.6 Å². The Morgan fingerprint density at radius 2 is 1.95 bits per heavy atom. The molecule has 0 aliphatic carbocycles. The largest absolute Gasteiger partial charge is 0.449 e. The van der Waals surface area contributed by atoms with E-state index in [9.17, 15) is 24.5 Å². The maximum absolute atomic E-state index is 11.9. The van der Waals surface area contributed by atoms with Crippen molar-refractivity contribution in [3.05, 3.63) is 39.9 Å². The predicted molar refractivity (Wildman–Crippen MR) is 75.2 cm³/mol. The van der Waals surface area contributed by atoms with Crippen molar-refractivity contribution >= 4 is 23.6 Å². The Hall–Kier alpha value is -2.97. The molecule has 0 fully saturated rings. The van der Waals surface area contributed by atoms with Gasteiger partial charge in [-0.1, -0.05) is 12.1 Å². The first-order chi connectivity index (χ1) is 10.4. The monoisotopic (exact) mass is 309 g/mol. The van der Waals surface area contributed by atoms with Crippen molar-refractivity contribution in [1.82, 2.24) is 10.6 Å². The number of benzene rings is 1. The molecule has 22 heavy (non-hydrogen) atoms. The minimum atomic E-state index is -1.28. The SMILES string of the molecule is CCNC(=O)NC(=O)C(C)OC(=O)c1ccccc1[N+](=O)[O-]. The number of esters is 1. The Bertz CT molecular complexity index is 601. The molecule has 9 nitrogen and oxygen atoms in total. The number of carbonyl (C=O) groups is 3. The molecular formula is C13H15N3O6. The van der Waals surface area contributed by atoms with Crippen molar-refractivity contribution in [1.29, 1.82) is 0 Å². The van der Waals surface area contributed by atoms with Crippen LogP contribution in [0.4, 0.5) is 10.5 Å². The molecule has 1 unspecified atom stereocenters. The number of nitro groups is 1. The average Bonchev–Trinajstić information content (AvgIpc) is 2.47. The number of nitrogens with zero attached hydrogens (tertiary/aromatic N) is 1. The molecule has 0 aliphatic rings. The van der Waals surface area contributed by atoms with Gasteiger partial charge in [-0.3, -0.25) is 20.2 Å². The van der Waals surface area contributed by atoms with Crippen molar-refractivity contribution < 1.29 is 24.0 Å². The molecule has 1 atom stereocenters. The summed E-state index contributed by atoms with van der Waals surface area (Å²) in [4.78, 5) is 44.8. The number of imide groups is 1. The van der Waals surface area contributed by atoms with Crippen molar-refractivity contribution in [3.63, 3.8) is 0 Å². The van der Waals surface area contributed by atoms with Gasteiger partial charge >= 0.3 is 12.0 Å². The number of nitro benzene ring substituents is 1. The first kappa shape index (κ1) is 17.1. The van der Waals surface area contributed by atoms with Gasteiger partial charge < -0.3 is 10.1 Å². The summed E-state index contributed by atoms with van der Waals surface area (Å²) in [7, 11) is 0. The topological polar surface area (TPSA) is 128 Å². The van der Waals surface area contributed by atoms with Gasteiger partial charge in [0.2, 0.25) is 0 Å². The van der Waals surface area contributed by atoms with Crippen LogP contribution in [0.2, 0.25) is 0 Å². The smallest absolute Gasteiger partial charge is 0.345 e. The summed E-state index contributed by atoms with van der Waals surface area (Å²) >= 11 is 0. The minimum absolute atomic E-state index is 0.273. The molecule has 2 N–H and O–H groups in total. The Morgan fingerprint density at radius 3 is 2.55 bits per heavy atom. The van der Waals surface area contributed by atoms with Crippen LogP contribution in [0.5, 0.6) is 0 Å². The summed E-state index contributed by atoms with van der Waals surface area (Å²) in [6.45, 7) is 3.24. The number of carbonyl (C=O) groups excluding carboxylic acids is 3. The van der Waals surface area contributed by atoms with Crippen molar-refractivity contribution in [2.75, 3.05) is 6.54 Å². The fourth-order valence-corrected chi connectivity index (χ4v) is 1.50. The van der Waals surface area contributed by atoms with E-state index in [1.165, 1.54) is 25.1 Å². The Morgan fingerprint density at radius 1 is 1.32 bits per heavy atom. The molecule has 1 rings (SSSR count). The van der Waals surface area contributed by atoms with E-state index in [-0.39, 0.29) is 5.56 Å². The molecule has 0 bridgehead atoms. The zero-order valence-electron chi connectivity index (χ0n) is 12.0. The second kappa shape index (κ2) is 7.72. The first-order valence-electron chi connectivity index (χ1n) is 6.39. The van der Waals surface area contributed by atoms with Crippen LogP contribution in [-0.4, -0.2) is 35.5 Å². The van der Waals surface area contributed by atoms with E-state index in [2.05, 4.69) is 5.32 Å². The van der Waals surface area contributed by atoms with Gasteiger partial charge in [0.1, 0.15) is 5.56 Å². The summed E-state index contributed by atoms with van der Waals surface area (Å²) in [5.41, 5.74) is -0.700. The lowest BCUT2D eigenvalue weighted by Crippen LogP contribution is -2.44. The summed E-state index contributed by atoms with van der Waals surface area (Å²) in [5, 5.41) is 15.1. The van der Waals surface area contributed by atoms with Gasteiger partial charge in [0.25, 0.3) is 11.6 Å². The van der Waals surface area contributed by atoms with Crippen molar-refractivity contribution in [2.45, 2.75) is 20.0 Å². The van der Waals surface area contributed by atoms with E-state index in [0.29, 0.717) is 6.54 Å². The number of para-hydroxylation sites is 1. The van der Waals surface area contributed by atoms with E-state index >= 15 is 0 Å². The Kier molecular flexibility index (Phi) is 5.99. The molecule has 0 heterocycles. The highest BCUT2D eigenvalue weighted by molar-refractivity contribution is 5.99. The van der Waals surface area contributed by atoms with Crippen LogP contribution in [0, 0.1) is 10.1 Å². The number of ether oxygens (including phenoxy) is 1. The van der Waals surface area contributed by atoms with Gasteiger partial charge in [-0.25, -0.2) is 9.59 Å². The van der Waals surface area contributed by atoms with E-state index in [1.807, 2.05) is 5.32 Å². The molecule has 1 aromatic rings. The molecular weight excluding hydrogens is 294 g/mol. The lowest BCUT2D eigenvalue weighted by atomic mass is 10.2. The molecule has 0 spiro atoms. The highest BCUT2D eigenvalue weighted by atomic mass is 16.6. The summed E-state index contributed by atoms with van der Waals surface area (Å²) in [5.74, 6) is -1.86. The fourth-order valence-electron chi connectivity index (χ4n) is 1.50. The molecule has 0 saturated carbocycles. The standard InChI is InChI=1S/C13H15N3O6/c1-3-14-13(19)15-11(17)8(2)22-12(18)9-6-4-5-7-10(9)16(20)21/h4-8H,3H2,1-2H3,(H2,14,15,17,19). The molecule has 0 aliphatic heterocycles. The van der Waals surface area contributed by atoms with E-state index in [0.717, 1.165) is 6.07 Å². The van der Waals surface area contributed by atoms with Gasteiger partial charge in [-0.2, -0.15) is 0 Å². The molecule has 0 aromatic heterocycles. The average molecular weight is 309 g/mol. The van der Waals surface area contributed by atoms with Gasteiger partial charge in [0, 0.05) is 12.6 Å². The van der Waals surface area contributed by atoms with Gasteiger partial charge in [-0.05, 0) is 19.9 Å². The van der Waals surface area contributed by atoms with Crippen LogP contribution in [0.1, 0.15) is 24.2 Å². The second-order valence-corrected chi connectivity index (χ2v) is 4.17. The number of nitrogens with one attached hydrogen (secondary N) is 2. The number of amides is 3. The maximum Gasteiger partial charge on any atom is 0.345 e. The third-order valence-corrected chi connectivity index (χ3v) is 2.55. The van der Waals surface area contributed by atoms with Crippen LogP contribution in [-0.2, 0) is 9.53 Å². The van der Waals surface area contributed by atoms with E-state index in [4.69, 9.17) is 4.74 Å². The molecule has 118 valence electrons. The third kappa shape index (κ3) is 4.54. The van der Waals surface area contributed by atoms with Crippen LogP contribution in [0.3, 0.4) is 0 Å². The Labute approximate surface area is 125 Å². The van der Waals surface area contributed by atoms with Gasteiger partial charge in [0.05, 0.1) is 4.92 Å². The zero-order chi connectivity index (χ0) is 16.7. The van der Waals surface area contributed by atoms with Crippen molar-refractivity contribution in [2.24, 2.45) is 0 Å². The number of hydrogen-bond acceptors (Lipinski definition) is 6. The van der Waals surface area contributed by atoms with Crippen LogP contribution in [0.15, 0.2) is 24.3 Å². The molecule has 1 aromatic carbocycles. The normalized spacial score (nSPS) is 11.2. The lowest BCUT2D eigenvalue weighted by Gasteiger charge is -2.13. The summed E-state index contributed by atoms with van der Waals surface area (Å²) < 4.78 is 4.83. The minimum Gasteiger partial charge on any atom is -0.449 e. The summed E-state index contributed by atoms with van der Waals surface area (Å²) in [6, 6.07) is 4.48. The number of urea groups is 1. The van der Waals surface area contributed by atoms with E-state index in [1.54, 1.807) is 6.92 Å². The zero-order valence-corrected chi connectivity index (χ0v) is 12.0. The second-order valence-electron chi connectivity index (χ2n) is 4.17. The first-order valence-corrected chi connectivity index (χ1v) is 6.39. The maximum atomic E-state index is 11.9. The van der Waals surface area contributed by atoms with Gasteiger partial charge in [-0.15, -0.1) is 0 Å². The molecule has 9 heteroatoms. The molecule has 3 amide bonds. The highest BCUT2D eigenvalue weighted by Crippen LogP contribution is 2.19. The highest BCUT2D eigenvalue weighted by Gasteiger charge is 2.25. The van der Waals surface area contributed by atoms with Crippen LogP contribution in [0.25, 0.3) is 0 Å². The third-order valence-electron chi connectivity index (χ3n) is 2.55. The molecule has 0 saturated heterocycles.